The van der Waals surface area contributed by atoms with Gasteiger partial charge in [0.1, 0.15) is 5.75 Å². The molecule has 1 amide bonds. The van der Waals surface area contributed by atoms with E-state index in [9.17, 15) is 9.90 Å². The highest BCUT2D eigenvalue weighted by atomic mass is 16.3. The largest absolute Gasteiger partial charge is 0.508 e. The lowest BCUT2D eigenvalue weighted by molar-refractivity contribution is -0.119. The van der Waals surface area contributed by atoms with E-state index in [1.807, 2.05) is 30.3 Å². The highest BCUT2D eigenvalue weighted by Crippen LogP contribution is 2.40. The van der Waals surface area contributed by atoms with Crippen molar-refractivity contribution >= 4 is 5.91 Å². The van der Waals surface area contributed by atoms with Gasteiger partial charge >= 0.3 is 0 Å². The van der Waals surface area contributed by atoms with Crippen molar-refractivity contribution in [1.82, 2.24) is 10.2 Å². The Labute approximate surface area is 168 Å². The van der Waals surface area contributed by atoms with Crippen LogP contribution in [0.1, 0.15) is 50.8 Å². The molecular formula is C24H32N2O2. The molecule has 28 heavy (non-hydrogen) atoms. The number of phenols is 1. The number of phenolic OH excluding ortho intramolecular Hbond substituents is 1. The standard InChI is InChI=1S/C24H32N2O2/c1-18-17-26(15-13-24(18,3)21-10-7-11-22(28)16-21)14-12-23(25-19(2)27)20-8-5-4-6-9-20/h4-11,16,18,23,28H,12-15,17H2,1-3H3,(H,25,27)/t18-,23?,24-/m0/s1. The molecule has 3 rings (SSSR count). The summed E-state index contributed by atoms with van der Waals surface area (Å²) in [5, 5.41) is 13.0. The van der Waals surface area contributed by atoms with Gasteiger partial charge in [-0.2, -0.15) is 0 Å². The first-order valence-electron chi connectivity index (χ1n) is 10.2. The van der Waals surface area contributed by atoms with Gasteiger partial charge in [-0.25, -0.2) is 0 Å². The van der Waals surface area contributed by atoms with E-state index < -0.39 is 0 Å². The zero-order chi connectivity index (χ0) is 20.1. The van der Waals surface area contributed by atoms with E-state index >= 15 is 0 Å². The number of hydrogen-bond acceptors (Lipinski definition) is 3. The van der Waals surface area contributed by atoms with Gasteiger partial charge in [0.2, 0.25) is 5.91 Å². The van der Waals surface area contributed by atoms with E-state index in [4.69, 9.17) is 0 Å². The SMILES string of the molecule is CC(=O)NC(CCN1CC[C@](C)(c2cccc(O)c2)[C@@H](C)C1)c1ccccc1. The Morgan fingerprint density at radius 2 is 2.00 bits per heavy atom. The average molecular weight is 381 g/mol. The first-order chi connectivity index (χ1) is 13.4. The van der Waals surface area contributed by atoms with Gasteiger partial charge in [0.05, 0.1) is 6.04 Å². The Morgan fingerprint density at radius 3 is 2.64 bits per heavy atom. The fourth-order valence-electron chi connectivity index (χ4n) is 4.37. The second-order valence-corrected chi connectivity index (χ2v) is 8.37. The predicted molar refractivity (Wildman–Crippen MR) is 113 cm³/mol. The number of benzene rings is 2. The first kappa shape index (κ1) is 20.4. The van der Waals surface area contributed by atoms with Crippen molar-refractivity contribution in [3.8, 4) is 5.75 Å². The van der Waals surface area contributed by atoms with Gasteiger partial charge in [-0.15, -0.1) is 0 Å². The average Bonchev–Trinajstić information content (AvgIpc) is 2.68. The van der Waals surface area contributed by atoms with Crippen molar-refractivity contribution in [1.29, 1.82) is 0 Å². The molecule has 1 heterocycles. The van der Waals surface area contributed by atoms with Crippen molar-refractivity contribution in [3.05, 3.63) is 65.7 Å². The highest BCUT2D eigenvalue weighted by molar-refractivity contribution is 5.73. The number of nitrogens with zero attached hydrogens (tertiary/aromatic N) is 1. The van der Waals surface area contributed by atoms with Gasteiger partial charge in [0.25, 0.3) is 0 Å². The molecule has 1 aliphatic heterocycles. The monoisotopic (exact) mass is 380 g/mol. The van der Waals surface area contributed by atoms with Crippen LogP contribution in [-0.2, 0) is 10.2 Å². The molecule has 4 nitrogen and oxygen atoms in total. The third-order valence-corrected chi connectivity index (χ3v) is 6.39. The predicted octanol–water partition coefficient (Wildman–Crippen LogP) is 4.26. The molecule has 2 N–H and O–H groups in total. The zero-order valence-corrected chi connectivity index (χ0v) is 17.2. The molecule has 150 valence electrons. The lowest BCUT2D eigenvalue weighted by Crippen LogP contribution is -2.48. The highest BCUT2D eigenvalue weighted by Gasteiger charge is 2.38. The molecule has 2 aromatic carbocycles. The third kappa shape index (κ3) is 4.74. The fourth-order valence-corrected chi connectivity index (χ4v) is 4.37. The number of carbonyl (C=O) groups is 1. The number of nitrogens with one attached hydrogen (secondary N) is 1. The maximum absolute atomic E-state index is 11.7. The van der Waals surface area contributed by atoms with Crippen LogP contribution < -0.4 is 5.32 Å². The molecule has 1 fully saturated rings. The van der Waals surface area contributed by atoms with Gasteiger partial charge in [0.15, 0.2) is 0 Å². The van der Waals surface area contributed by atoms with Crippen LogP contribution in [0.2, 0.25) is 0 Å². The van der Waals surface area contributed by atoms with E-state index in [2.05, 4.69) is 42.3 Å². The number of rotatable bonds is 6. The Hall–Kier alpha value is -2.33. The quantitative estimate of drug-likeness (QED) is 0.787. The molecule has 0 aromatic heterocycles. The van der Waals surface area contributed by atoms with Crippen molar-refractivity contribution in [2.24, 2.45) is 5.92 Å². The molecule has 0 bridgehead atoms. The third-order valence-electron chi connectivity index (χ3n) is 6.39. The van der Waals surface area contributed by atoms with Gasteiger partial charge in [-0.1, -0.05) is 56.3 Å². The summed E-state index contributed by atoms with van der Waals surface area (Å²) >= 11 is 0. The minimum atomic E-state index is 0.0114. The Kier molecular flexibility index (Phi) is 6.40. The summed E-state index contributed by atoms with van der Waals surface area (Å²) in [7, 11) is 0. The summed E-state index contributed by atoms with van der Waals surface area (Å²) in [5.41, 5.74) is 2.46. The van der Waals surface area contributed by atoms with E-state index in [0.29, 0.717) is 11.7 Å². The topological polar surface area (TPSA) is 52.6 Å². The fraction of sp³-hybridized carbons (Fsp3) is 0.458. The lowest BCUT2D eigenvalue weighted by atomic mass is 9.68. The van der Waals surface area contributed by atoms with Crippen LogP contribution in [-0.4, -0.2) is 35.5 Å². The van der Waals surface area contributed by atoms with Crippen LogP contribution in [0.4, 0.5) is 0 Å². The molecule has 0 spiro atoms. The second-order valence-electron chi connectivity index (χ2n) is 8.37. The van der Waals surface area contributed by atoms with E-state index in [-0.39, 0.29) is 17.4 Å². The summed E-state index contributed by atoms with van der Waals surface area (Å²) in [6.45, 7) is 9.21. The molecule has 1 saturated heterocycles. The van der Waals surface area contributed by atoms with Gasteiger partial charge < -0.3 is 15.3 Å². The molecule has 0 saturated carbocycles. The maximum Gasteiger partial charge on any atom is 0.217 e. The van der Waals surface area contributed by atoms with Gasteiger partial charge in [0, 0.05) is 20.0 Å². The second kappa shape index (κ2) is 8.78. The molecule has 0 aliphatic carbocycles. The summed E-state index contributed by atoms with van der Waals surface area (Å²) in [5.74, 6) is 0.839. The van der Waals surface area contributed by atoms with Gasteiger partial charge in [-0.05, 0) is 54.0 Å². The minimum absolute atomic E-state index is 0.0114. The molecular weight excluding hydrogens is 348 g/mol. The summed E-state index contributed by atoms with van der Waals surface area (Å²) < 4.78 is 0. The zero-order valence-electron chi connectivity index (χ0n) is 17.2. The number of aromatic hydroxyl groups is 1. The number of likely N-dealkylation sites (tertiary alicyclic amines) is 1. The van der Waals surface area contributed by atoms with E-state index in [1.54, 1.807) is 13.0 Å². The molecule has 3 atom stereocenters. The summed E-state index contributed by atoms with van der Waals surface area (Å²) in [6.07, 6.45) is 1.97. The van der Waals surface area contributed by atoms with E-state index in [0.717, 1.165) is 38.0 Å². The molecule has 2 aromatic rings. The Balaban J connectivity index is 1.63. The van der Waals surface area contributed by atoms with E-state index in [1.165, 1.54) is 5.56 Å². The summed E-state index contributed by atoms with van der Waals surface area (Å²) in [6, 6.07) is 18.0. The first-order valence-corrected chi connectivity index (χ1v) is 10.2. The van der Waals surface area contributed by atoms with Crippen LogP contribution in [0.15, 0.2) is 54.6 Å². The van der Waals surface area contributed by atoms with Crippen LogP contribution in [0.3, 0.4) is 0 Å². The minimum Gasteiger partial charge on any atom is -0.508 e. The Morgan fingerprint density at radius 1 is 1.25 bits per heavy atom. The van der Waals surface area contributed by atoms with Crippen molar-refractivity contribution < 1.29 is 9.90 Å². The number of piperidine rings is 1. The molecule has 1 unspecified atom stereocenters. The van der Waals surface area contributed by atoms with Crippen LogP contribution in [0.25, 0.3) is 0 Å². The van der Waals surface area contributed by atoms with Gasteiger partial charge in [-0.3, -0.25) is 4.79 Å². The molecule has 4 heteroatoms. The smallest absolute Gasteiger partial charge is 0.217 e. The van der Waals surface area contributed by atoms with Crippen molar-refractivity contribution in [3.63, 3.8) is 0 Å². The van der Waals surface area contributed by atoms with Crippen LogP contribution in [0.5, 0.6) is 5.75 Å². The van der Waals surface area contributed by atoms with Crippen molar-refractivity contribution in [2.45, 2.75) is 45.1 Å². The number of hydrogen-bond donors (Lipinski definition) is 2. The molecule has 0 radical (unpaired) electrons. The van der Waals surface area contributed by atoms with Crippen molar-refractivity contribution in [2.75, 3.05) is 19.6 Å². The van der Waals surface area contributed by atoms with Crippen LogP contribution in [0, 0.1) is 5.92 Å². The Bertz CT molecular complexity index is 792. The molecule has 1 aliphatic rings. The lowest BCUT2D eigenvalue weighted by Gasteiger charge is -2.45. The normalized spacial score (nSPS) is 23.9. The number of amides is 1. The van der Waals surface area contributed by atoms with Crippen LogP contribution >= 0.6 is 0 Å². The summed E-state index contributed by atoms with van der Waals surface area (Å²) in [4.78, 5) is 14.2. The number of carbonyl (C=O) groups excluding carboxylic acids is 1. The maximum atomic E-state index is 11.7.